The van der Waals surface area contributed by atoms with E-state index in [1.807, 2.05) is 54.6 Å². The van der Waals surface area contributed by atoms with Gasteiger partial charge in [0.2, 0.25) is 0 Å². The Morgan fingerprint density at radius 2 is 0.829 bits per heavy atom. The smallest absolute Gasteiger partial charge is 0.143 e. The molecule has 0 aliphatic carbocycles. The average molecular weight is 559 g/mol. The lowest BCUT2D eigenvalue weighted by atomic mass is 9.80. The molecule has 0 amide bonds. The van der Waals surface area contributed by atoms with Crippen molar-refractivity contribution in [1.29, 1.82) is 0 Å². The van der Waals surface area contributed by atoms with Crippen LogP contribution in [0.4, 0.5) is 0 Å². The number of unbranched alkanes of at least 4 members (excludes halogenated alkanes) is 13. The Morgan fingerprint density at radius 3 is 1.20 bits per heavy atom. The van der Waals surface area contributed by atoms with Crippen LogP contribution in [0.2, 0.25) is 0 Å². The summed E-state index contributed by atoms with van der Waals surface area (Å²) in [6.07, 6.45) is 17.1. The predicted octanol–water partition coefficient (Wildman–Crippen LogP) is 9.59. The zero-order valence-electron chi connectivity index (χ0n) is 25.4. The Balaban J connectivity index is 1.43. The summed E-state index contributed by atoms with van der Waals surface area (Å²) in [5.41, 5.74) is 2.09. The Labute approximate surface area is 250 Å². The third-order valence-electron chi connectivity index (χ3n) is 8.31. The van der Waals surface area contributed by atoms with Crippen molar-refractivity contribution in [3.63, 3.8) is 0 Å². The Bertz CT molecular complexity index is 924. The van der Waals surface area contributed by atoms with Gasteiger partial charge >= 0.3 is 0 Å². The molecule has 3 nitrogen and oxygen atoms in total. The van der Waals surface area contributed by atoms with Gasteiger partial charge < -0.3 is 14.9 Å². The highest BCUT2D eigenvalue weighted by Crippen LogP contribution is 2.40. The first-order valence-corrected chi connectivity index (χ1v) is 16.3. The number of benzene rings is 3. The Morgan fingerprint density at radius 1 is 0.488 bits per heavy atom. The average Bonchev–Trinajstić information content (AvgIpc) is 3.03. The zero-order valence-corrected chi connectivity index (χ0v) is 25.4. The number of rotatable bonds is 22. The zero-order chi connectivity index (χ0) is 29.0. The van der Waals surface area contributed by atoms with Crippen LogP contribution in [0.15, 0.2) is 91.0 Å². The molecule has 3 aromatic rings. The lowest BCUT2D eigenvalue weighted by molar-refractivity contribution is -0.0802. The van der Waals surface area contributed by atoms with Gasteiger partial charge in [-0.05, 0) is 23.1 Å². The molecule has 1 unspecified atom stereocenters. The van der Waals surface area contributed by atoms with Crippen molar-refractivity contribution >= 4 is 0 Å². The third kappa shape index (κ3) is 11.0. The maximum atomic E-state index is 11.0. The minimum atomic E-state index is -0.951. The van der Waals surface area contributed by atoms with E-state index < -0.39 is 17.8 Å². The fourth-order valence-corrected chi connectivity index (χ4v) is 5.83. The summed E-state index contributed by atoms with van der Waals surface area (Å²) < 4.78 is 6.68. The molecule has 0 bridgehead atoms. The fourth-order valence-electron chi connectivity index (χ4n) is 5.83. The summed E-state index contributed by atoms with van der Waals surface area (Å²) in [4.78, 5) is 0. The quantitative estimate of drug-likeness (QED) is 0.0953. The molecular formula is C38H54O3. The van der Waals surface area contributed by atoms with Crippen molar-refractivity contribution in [2.24, 2.45) is 0 Å². The minimum absolute atomic E-state index is 0.0401. The molecule has 0 saturated carbocycles. The summed E-state index contributed by atoms with van der Waals surface area (Å²) in [6, 6.07) is 30.5. The maximum Gasteiger partial charge on any atom is 0.143 e. The molecule has 3 rings (SSSR count). The summed E-state index contributed by atoms with van der Waals surface area (Å²) >= 11 is 0. The van der Waals surface area contributed by atoms with Gasteiger partial charge in [0.15, 0.2) is 0 Å². The highest BCUT2D eigenvalue weighted by molar-refractivity contribution is 5.47. The highest BCUT2D eigenvalue weighted by Gasteiger charge is 2.38. The number of hydrogen-bond acceptors (Lipinski definition) is 3. The van der Waals surface area contributed by atoms with Crippen LogP contribution in [0.25, 0.3) is 0 Å². The van der Waals surface area contributed by atoms with Crippen LogP contribution in [-0.4, -0.2) is 29.0 Å². The normalized spacial score (nSPS) is 13.2. The van der Waals surface area contributed by atoms with Gasteiger partial charge in [-0.2, -0.15) is 0 Å². The van der Waals surface area contributed by atoms with Gasteiger partial charge in [0.05, 0.1) is 12.7 Å². The maximum absolute atomic E-state index is 11.0. The molecule has 0 aromatic heterocycles. The number of ether oxygens (including phenoxy) is 1. The molecule has 2 N–H and O–H groups in total. The molecule has 0 aliphatic heterocycles. The van der Waals surface area contributed by atoms with Crippen molar-refractivity contribution in [2.45, 2.75) is 121 Å². The van der Waals surface area contributed by atoms with Gasteiger partial charge in [0.25, 0.3) is 0 Å². The lowest BCUT2D eigenvalue weighted by Gasteiger charge is -2.37. The molecule has 224 valence electrons. The summed E-state index contributed by atoms with van der Waals surface area (Å²) in [5.74, 6) is 0. The van der Waals surface area contributed by atoms with Crippen molar-refractivity contribution in [2.75, 3.05) is 6.61 Å². The van der Waals surface area contributed by atoms with E-state index in [0.717, 1.165) is 29.5 Å². The molecule has 0 fully saturated rings. The highest BCUT2D eigenvalue weighted by atomic mass is 16.5. The van der Waals surface area contributed by atoms with Gasteiger partial charge in [0, 0.05) is 0 Å². The Hall–Kier alpha value is -2.46. The standard InChI is InChI=1S/C38H54O3/c1-2-3-4-5-6-7-8-9-10-11-12-13-14-24-31-36(39)37(40)32-41-38(33-25-18-15-19-26-33,34-27-20-16-21-28-34)35-29-22-17-23-30-35/h15-23,25-30,36-37,39-40H,2-14,24,31-32H2,1H3/t36?,37-/m0/s1. The first-order chi connectivity index (χ1) is 20.2. The van der Waals surface area contributed by atoms with E-state index in [-0.39, 0.29) is 6.61 Å². The van der Waals surface area contributed by atoms with Crippen LogP contribution in [0.1, 0.15) is 120 Å². The summed E-state index contributed by atoms with van der Waals surface area (Å²) in [5, 5.41) is 21.7. The van der Waals surface area contributed by atoms with Crippen molar-refractivity contribution in [3.8, 4) is 0 Å². The largest absolute Gasteiger partial charge is 0.390 e. The lowest BCUT2D eigenvalue weighted by Crippen LogP contribution is -2.39. The second-order valence-electron chi connectivity index (χ2n) is 11.6. The molecule has 0 aliphatic rings. The molecule has 0 spiro atoms. The fraction of sp³-hybridized carbons (Fsp3) is 0.526. The van der Waals surface area contributed by atoms with Crippen LogP contribution in [-0.2, 0) is 10.3 Å². The molecule has 3 heteroatoms. The number of aliphatic hydroxyl groups is 2. The van der Waals surface area contributed by atoms with E-state index in [2.05, 4.69) is 43.3 Å². The van der Waals surface area contributed by atoms with Crippen LogP contribution in [0.3, 0.4) is 0 Å². The van der Waals surface area contributed by atoms with E-state index in [0.29, 0.717) is 6.42 Å². The van der Waals surface area contributed by atoms with Gasteiger partial charge in [-0.15, -0.1) is 0 Å². The first kappa shape index (κ1) is 33.0. The minimum Gasteiger partial charge on any atom is -0.390 e. The van der Waals surface area contributed by atoms with Crippen molar-refractivity contribution in [1.82, 2.24) is 0 Å². The Kier molecular flexibility index (Phi) is 15.8. The molecule has 2 atom stereocenters. The van der Waals surface area contributed by atoms with E-state index in [1.54, 1.807) is 0 Å². The third-order valence-corrected chi connectivity index (χ3v) is 8.31. The van der Waals surface area contributed by atoms with Gasteiger partial charge in [0.1, 0.15) is 11.7 Å². The van der Waals surface area contributed by atoms with Gasteiger partial charge in [-0.25, -0.2) is 0 Å². The van der Waals surface area contributed by atoms with E-state index in [9.17, 15) is 10.2 Å². The molecule has 0 radical (unpaired) electrons. The second-order valence-corrected chi connectivity index (χ2v) is 11.6. The van der Waals surface area contributed by atoms with Crippen LogP contribution >= 0.6 is 0 Å². The SMILES string of the molecule is CCCCCCCCCCCCCCCCC(O)[C@@H](O)COC(c1ccccc1)(c1ccccc1)c1ccccc1. The van der Waals surface area contributed by atoms with Crippen molar-refractivity contribution < 1.29 is 14.9 Å². The van der Waals surface area contributed by atoms with E-state index >= 15 is 0 Å². The predicted molar refractivity (Wildman–Crippen MR) is 172 cm³/mol. The van der Waals surface area contributed by atoms with Gasteiger partial charge in [-0.1, -0.05) is 188 Å². The molecule has 41 heavy (non-hydrogen) atoms. The molecule has 0 heterocycles. The molecule has 3 aromatic carbocycles. The summed E-state index contributed by atoms with van der Waals surface area (Å²) in [7, 11) is 0. The van der Waals surface area contributed by atoms with Crippen LogP contribution in [0.5, 0.6) is 0 Å². The number of hydrogen-bond donors (Lipinski definition) is 2. The van der Waals surface area contributed by atoms with E-state index in [4.69, 9.17) is 4.74 Å². The summed E-state index contributed by atoms with van der Waals surface area (Å²) in [6.45, 7) is 2.31. The monoisotopic (exact) mass is 558 g/mol. The topological polar surface area (TPSA) is 49.7 Å². The van der Waals surface area contributed by atoms with Gasteiger partial charge in [-0.3, -0.25) is 0 Å². The molecular weight excluding hydrogens is 504 g/mol. The van der Waals surface area contributed by atoms with Crippen LogP contribution in [0, 0.1) is 0 Å². The molecule has 0 saturated heterocycles. The first-order valence-electron chi connectivity index (χ1n) is 16.3. The van der Waals surface area contributed by atoms with Crippen molar-refractivity contribution in [3.05, 3.63) is 108 Å². The van der Waals surface area contributed by atoms with E-state index in [1.165, 1.54) is 77.0 Å². The second kappa shape index (κ2) is 19.6. The number of aliphatic hydroxyl groups excluding tert-OH is 2. The van der Waals surface area contributed by atoms with Crippen LogP contribution < -0.4 is 0 Å².